The molecule has 3 N–H and O–H groups in total. The molecule has 166 valence electrons. The monoisotopic (exact) mass is 548 g/mol. The third kappa shape index (κ3) is 7.65. The fraction of sp³-hybridized carbons (Fsp3) is 0.350. The number of aliphatic imine (C=N–C) groups is 1. The van der Waals surface area contributed by atoms with Crippen molar-refractivity contribution in [3.05, 3.63) is 54.1 Å². The predicted octanol–water partition coefficient (Wildman–Crippen LogP) is 2.35. The number of halogens is 1. The molecule has 0 saturated heterocycles. The zero-order chi connectivity index (χ0) is 21.3. The molecule has 0 aliphatic rings. The van der Waals surface area contributed by atoms with Gasteiger partial charge in [-0.2, -0.15) is 0 Å². The molecule has 10 heteroatoms. The number of hydrogen-bond acceptors (Lipinski definition) is 5. The largest absolute Gasteiger partial charge is 0.493 e. The summed E-state index contributed by atoms with van der Waals surface area (Å²) in [6.07, 6.45) is -0.115. The van der Waals surface area contributed by atoms with Gasteiger partial charge < -0.3 is 20.1 Å². The fourth-order valence-electron chi connectivity index (χ4n) is 2.53. The van der Waals surface area contributed by atoms with Crippen LogP contribution in [-0.4, -0.2) is 48.2 Å². The van der Waals surface area contributed by atoms with Gasteiger partial charge in [-0.1, -0.05) is 24.3 Å². The molecule has 8 nitrogen and oxygen atoms in total. The summed E-state index contributed by atoms with van der Waals surface area (Å²) in [5.41, 5.74) is 0.932. The number of para-hydroxylation sites is 2. The summed E-state index contributed by atoms with van der Waals surface area (Å²) >= 11 is 0. The van der Waals surface area contributed by atoms with E-state index in [9.17, 15) is 8.42 Å². The summed E-state index contributed by atoms with van der Waals surface area (Å²) in [4.78, 5) is 4.42. The van der Waals surface area contributed by atoms with Crippen LogP contribution >= 0.6 is 24.0 Å². The average Bonchev–Trinajstić information content (AvgIpc) is 2.74. The Bertz CT molecular complexity index is 921. The Kier molecular flexibility index (Phi) is 10.9. The van der Waals surface area contributed by atoms with Gasteiger partial charge in [-0.15, -0.1) is 24.0 Å². The van der Waals surface area contributed by atoms with Gasteiger partial charge in [0, 0.05) is 13.6 Å². The highest BCUT2D eigenvalue weighted by atomic mass is 127. The van der Waals surface area contributed by atoms with Gasteiger partial charge in [-0.25, -0.2) is 13.1 Å². The first-order chi connectivity index (χ1) is 13.9. The van der Waals surface area contributed by atoms with Crippen LogP contribution in [0.2, 0.25) is 0 Å². The molecule has 0 saturated carbocycles. The average molecular weight is 548 g/mol. The zero-order valence-corrected chi connectivity index (χ0v) is 20.7. The number of hydrogen-bond donors (Lipinski definition) is 3. The van der Waals surface area contributed by atoms with Gasteiger partial charge in [0.25, 0.3) is 0 Å². The van der Waals surface area contributed by atoms with E-state index >= 15 is 0 Å². The lowest BCUT2D eigenvalue weighted by Gasteiger charge is -2.19. The minimum Gasteiger partial charge on any atom is -0.493 e. The van der Waals surface area contributed by atoms with Crippen LogP contribution in [0.5, 0.6) is 11.5 Å². The van der Waals surface area contributed by atoms with E-state index in [0.29, 0.717) is 30.5 Å². The van der Waals surface area contributed by atoms with Gasteiger partial charge in [-0.3, -0.25) is 4.99 Å². The van der Waals surface area contributed by atoms with Crippen LogP contribution < -0.4 is 24.8 Å². The standard InChI is InChI=1S/C20H28N4O4S.HI/c1-15(28-19-8-6-5-7-18(19)27-4)13-23-20(21-2)24-14-16-9-11-17(12-10-16)29(25,26)22-3;/h5-12,15,22H,13-14H2,1-4H3,(H2,21,23,24);1H. The van der Waals surface area contributed by atoms with Crippen molar-refractivity contribution in [3.8, 4) is 11.5 Å². The van der Waals surface area contributed by atoms with Crippen LogP contribution in [0.15, 0.2) is 58.4 Å². The lowest BCUT2D eigenvalue weighted by atomic mass is 10.2. The molecule has 0 fully saturated rings. The van der Waals surface area contributed by atoms with Crippen molar-refractivity contribution in [2.45, 2.75) is 24.5 Å². The summed E-state index contributed by atoms with van der Waals surface area (Å²) in [5.74, 6) is 1.99. The molecular formula is C20H29IN4O4S. The smallest absolute Gasteiger partial charge is 0.240 e. The molecule has 30 heavy (non-hydrogen) atoms. The summed E-state index contributed by atoms with van der Waals surface area (Å²) in [7, 11) is 1.25. The predicted molar refractivity (Wildman–Crippen MR) is 129 cm³/mol. The topological polar surface area (TPSA) is 101 Å². The molecule has 0 amide bonds. The molecule has 1 unspecified atom stereocenters. The van der Waals surface area contributed by atoms with Gasteiger partial charge in [0.15, 0.2) is 17.5 Å². The molecule has 0 radical (unpaired) electrons. The SMILES string of the molecule is CN=C(NCc1ccc(S(=O)(=O)NC)cc1)NCC(C)Oc1ccccc1OC.I. The second kappa shape index (κ2) is 12.6. The normalized spacial score (nSPS) is 12.5. The number of methoxy groups -OCH3 is 1. The van der Waals surface area contributed by atoms with Crippen LogP contribution in [0.25, 0.3) is 0 Å². The minimum absolute atomic E-state index is 0. The van der Waals surface area contributed by atoms with E-state index in [-0.39, 0.29) is 35.0 Å². The maximum atomic E-state index is 11.8. The quantitative estimate of drug-likeness (QED) is 0.253. The summed E-state index contributed by atoms with van der Waals surface area (Å²) in [6, 6.07) is 14.2. The van der Waals surface area contributed by atoms with Crippen molar-refractivity contribution in [1.29, 1.82) is 0 Å². The molecule has 0 bridgehead atoms. The van der Waals surface area contributed by atoms with Crippen LogP contribution in [0.3, 0.4) is 0 Å². The van der Waals surface area contributed by atoms with E-state index in [1.54, 1.807) is 38.4 Å². The Morgan fingerprint density at radius 3 is 2.27 bits per heavy atom. The highest BCUT2D eigenvalue weighted by Gasteiger charge is 2.11. The van der Waals surface area contributed by atoms with E-state index in [0.717, 1.165) is 5.56 Å². The van der Waals surface area contributed by atoms with E-state index < -0.39 is 10.0 Å². The lowest BCUT2D eigenvalue weighted by Crippen LogP contribution is -2.41. The zero-order valence-electron chi connectivity index (χ0n) is 17.5. The molecule has 2 aromatic carbocycles. The summed E-state index contributed by atoms with van der Waals surface area (Å²) in [5, 5.41) is 6.40. The summed E-state index contributed by atoms with van der Waals surface area (Å²) in [6.45, 7) is 2.99. The Morgan fingerprint density at radius 2 is 1.70 bits per heavy atom. The molecule has 2 aromatic rings. The second-order valence-corrected chi connectivity index (χ2v) is 8.12. The van der Waals surface area contributed by atoms with Crippen molar-refractivity contribution in [2.75, 3.05) is 27.7 Å². The maximum Gasteiger partial charge on any atom is 0.240 e. The maximum absolute atomic E-state index is 11.8. The number of ether oxygens (including phenoxy) is 2. The Labute approximate surface area is 195 Å². The number of nitrogens with one attached hydrogen (secondary N) is 3. The van der Waals surface area contributed by atoms with Crippen LogP contribution in [0, 0.1) is 0 Å². The van der Waals surface area contributed by atoms with E-state index in [4.69, 9.17) is 9.47 Å². The van der Waals surface area contributed by atoms with Crippen LogP contribution in [-0.2, 0) is 16.6 Å². The van der Waals surface area contributed by atoms with Gasteiger partial charge in [0.1, 0.15) is 6.10 Å². The minimum atomic E-state index is -3.43. The second-order valence-electron chi connectivity index (χ2n) is 6.24. The first kappa shape index (κ1) is 26.0. The third-order valence-electron chi connectivity index (χ3n) is 4.14. The van der Waals surface area contributed by atoms with Gasteiger partial charge >= 0.3 is 0 Å². The Morgan fingerprint density at radius 1 is 1.07 bits per heavy atom. The van der Waals surface area contributed by atoms with E-state index in [2.05, 4.69) is 20.3 Å². The number of rotatable bonds is 9. The molecule has 0 heterocycles. The first-order valence-electron chi connectivity index (χ1n) is 9.16. The fourth-order valence-corrected chi connectivity index (χ4v) is 3.26. The van der Waals surface area contributed by atoms with Crippen molar-refractivity contribution in [3.63, 3.8) is 0 Å². The number of sulfonamides is 1. The highest BCUT2D eigenvalue weighted by Crippen LogP contribution is 2.26. The molecular weight excluding hydrogens is 519 g/mol. The van der Waals surface area contributed by atoms with E-state index in [1.165, 1.54) is 7.05 Å². The Hall–Kier alpha value is -2.05. The van der Waals surface area contributed by atoms with Crippen molar-refractivity contribution in [1.82, 2.24) is 15.4 Å². The first-order valence-corrected chi connectivity index (χ1v) is 10.6. The molecule has 0 aliphatic heterocycles. The molecule has 0 spiro atoms. The van der Waals surface area contributed by atoms with Crippen molar-refractivity contribution < 1.29 is 17.9 Å². The van der Waals surface area contributed by atoms with Crippen LogP contribution in [0.4, 0.5) is 0 Å². The van der Waals surface area contributed by atoms with Crippen LogP contribution in [0.1, 0.15) is 12.5 Å². The third-order valence-corrected chi connectivity index (χ3v) is 5.57. The van der Waals surface area contributed by atoms with Crippen molar-refractivity contribution in [2.24, 2.45) is 4.99 Å². The number of guanidine groups is 1. The number of nitrogens with zero attached hydrogens (tertiary/aromatic N) is 1. The van der Waals surface area contributed by atoms with Gasteiger partial charge in [0.2, 0.25) is 10.0 Å². The lowest BCUT2D eigenvalue weighted by molar-refractivity contribution is 0.213. The highest BCUT2D eigenvalue weighted by molar-refractivity contribution is 14.0. The van der Waals surface area contributed by atoms with Gasteiger partial charge in [-0.05, 0) is 43.8 Å². The molecule has 0 aliphatic carbocycles. The summed E-state index contributed by atoms with van der Waals surface area (Å²) < 4.78 is 37.0. The van der Waals surface area contributed by atoms with E-state index in [1.807, 2.05) is 31.2 Å². The van der Waals surface area contributed by atoms with Crippen molar-refractivity contribution >= 4 is 40.0 Å². The molecule has 2 rings (SSSR count). The Balaban J connectivity index is 0.00000450. The van der Waals surface area contributed by atoms with Gasteiger partial charge in [0.05, 0.1) is 18.6 Å². The molecule has 1 atom stereocenters. The number of benzene rings is 2. The molecule has 0 aromatic heterocycles.